The summed E-state index contributed by atoms with van der Waals surface area (Å²) in [5, 5.41) is 8.62. The molecular formula is C10H15F2NO4. The van der Waals surface area contributed by atoms with Crippen LogP contribution in [0.5, 0.6) is 0 Å². The lowest BCUT2D eigenvalue weighted by Crippen LogP contribution is -2.36. The zero-order valence-electron chi connectivity index (χ0n) is 9.87. The Balaban J connectivity index is 2.72. The van der Waals surface area contributed by atoms with E-state index in [2.05, 4.69) is 0 Å². The van der Waals surface area contributed by atoms with Gasteiger partial charge < -0.3 is 14.7 Å². The number of ether oxygens (including phenoxy) is 1. The largest absolute Gasteiger partial charge is 0.481 e. The normalized spacial score (nSPS) is 23.6. The minimum Gasteiger partial charge on any atom is -0.481 e. The Morgan fingerprint density at radius 2 is 1.94 bits per heavy atom. The van der Waals surface area contributed by atoms with E-state index in [0.29, 0.717) is 0 Å². The van der Waals surface area contributed by atoms with Gasteiger partial charge in [-0.2, -0.15) is 0 Å². The van der Waals surface area contributed by atoms with Gasteiger partial charge >= 0.3 is 12.1 Å². The van der Waals surface area contributed by atoms with Gasteiger partial charge in [0.25, 0.3) is 5.92 Å². The predicted octanol–water partition coefficient (Wildman–Crippen LogP) is 1.57. The average Bonchev–Trinajstić information content (AvgIpc) is 2.38. The highest BCUT2D eigenvalue weighted by Gasteiger charge is 2.54. The first-order valence-electron chi connectivity index (χ1n) is 5.11. The number of halogens is 2. The van der Waals surface area contributed by atoms with Gasteiger partial charge in [-0.25, -0.2) is 13.6 Å². The fraction of sp³-hybridized carbons (Fsp3) is 0.800. The van der Waals surface area contributed by atoms with Crippen LogP contribution in [0.3, 0.4) is 0 Å². The van der Waals surface area contributed by atoms with Crippen LogP contribution in [0.25, 0.3) is 0 Å². The lowest BCUT2D eigenvalue weighted by molar-refractivity contribution is -0.151. The van der Waals surface area contributed by atoms with Gasteiger partial charge in [0.2, 0.25) is 0 Å². The third kappa shape index (κ3) is 3.28. The Kier molecular flexibility index (Phi) is 3.31. The van der Waals surface area contributed by atoms with E-state index in [0.717, 1.165) is 4.90 Å². The number of rotatable bonds is 1. The second-order valence-electron chi connectivity index (χ2n) is 5.01. The number of hydrogen-bond acceptors (Lipinski definition) is 3. The highest BCUT2D eigenvalue weighted by Crippen LogP contribution is 2.33. The molecule has 1 N–H and O–H groups in total. The molecule has 0 bridgehead atoms. The number of carboxylic acid groups (broad SMARTS) is 1. The molecule has 98 valence electrons. The number of aliphatic carboxylic acids is 1. The monoisotopic (exact) mass is 251 g/mol. The van der Waals surface area contributed by atoms with Crippen LogP contribution in [0.15, 0.2) is 0 Å². The van der Waals surface area contributed by atoms with Crippen molar-refractivity contribution in [3.05, 3.63) is 0 Å². The van der Waals surface area contributed by atoms with Gasteiger partial charge in [-0.05, 0) is 20.8 Å². The predicted molar refractivity (Wildman–Crippen MR) is 53.9 cm³/mol. The number of alkyl halides is 2. The number of amides is 1. The van der Waals surface area contributed by atoms with E-state index in [4.69, 9.17) is 9.84 Å². The molecule has 1 aliphatic rings. The quantitative estimate of drug-likeness (QED) is 0.768. The molecule has 1 heterocycles. The summed E-state index contributed by atoms with van der Waals surface area (Å²) in [7, 11) is 0. The SMILES string of the molecule is CC(C)(C)OC(=O)N1CC(C(=O)O)C(F)(F)C1. The number of likely N-dealkylation sites (tertiary alicyclic amines) is 1. The van der Waals surface area contributed by atoms with E-state index < -0.39 is 42.6 Å². The summed E-state index contributed by atoms with van der Waals surface area (Å²) in [5.74, 6) is -6.89. The molecule has 0 aromatic carbocycles. The van der Waals surface area contributed by atoms with Crippen molar-refractivity contribution in [3.8, 4) is 0 Å². The van der Waals surface area contributed by atoms with Crippen LogP contribution in [-0.4, -0.2) is 46.7 Å². The second-order valence-corrected chi connectivity index (χ2v) is 5.01. The number of carbonyl (C=O) groups excluding carboxylic acids is 1. The summed E-state index contributed by atoms with van der Waals surface area (Å²) < 4.78 is 31.4. The lowest BCUT2D eigenvalue weighted by Gasteiger charge is -2.24. The van der Waals surface area contributed by atoms with Crippen molar-refractivity contribution in [3.63, 3.8) is 0 Å². The average molecular weight is 251 g/mol. The highest BCUT2D eigenvalue weighted by atomic mass is 19.3. The Morgan fingerprint density at radius 1 is 1.41 bits per heavy atom. The number of nitrogens with zero attached hydrogens (tertiary/aromatic N) is 1. The van der Waals surface area contributed by atoms with Crippen LogP contribution in [0.2, 0.25) is 0 Å². The highest BCUT2D eigenvalue weighted by molar-refractivity contribution is 5.75. The molecule has 1 fully saturated rings. The van der Waals surface area contributed by atoms with E-state index in [1.54, 1.807) is 20.8 Å². The molecule has 0 aromatic heterocycles. The van der Waals surface area contributed by atoms with Gasteiger partial charge in [0.15, 0.2) is 0 Å². The van der Waals surface area contributed by atoms with Gasteiger partial charge in [-0.1, -0.05) is 0 Å². The molecule has 0 spiro atoms. The van der Waals surface area contributed by atoms with Crippen molar-refractivity contribution in [1.82, 2.24) is 4.90 Å². The maximum Gasteiger partial charge on any atom is 0.410 e. The molecule has 1 unspecified atom stereocenters. The maximum absolute atomic E-state index is 13.3. The first-order valence-corrected chi connectivity index (χ1v) is 5.11. The molecule has 1 amide bonds. The molecule has 1 atom stereocenters. The summed E-state index contributed by atoms with van der Waals surface area (Å²) in [6.45, 7) is 3.37. The van der Waals surface area contributed by atoms with Crippen LogP contribution in [-0.2, 0) is 9.53 Å². The Morgan fingerprint density at radius 3 is 2.29 bits per heavy atom. The number of carbonyl (C=O) groups is 2. The second kappa shape index (κ2) is 4.12. The van der Waals surface area contributed by atoms with Crippen LogP contribution in [0.4, 0.5) is 13.6 Å². The zero-order chi connectivity index (χ0) is 13.4. The van der Waals surface area contributed by atoms with Gasteiger partial charge in [0.05, 0.1) is 6.54 Å². The standard InChI is InChI=1S/C10H15F2NO4/c1-9(2,3)17-8(16)13-4-6(7(14)15)10(11,12)5-13/h6H,4-5H2,1-3H3,(H,14,15). The van der Waals surface area contributed by atoms with Gasteiger partial charge in [-0.3, -0.25) is 4.79 Å². The van der Waals surface area contributed by atoms with Gasteiger partial charge in [-0.15, -0.1) is 0 Å². The number of hydrogen-bond donors (Lipinski definition) is 1. The molecule has 7 heteroatoms. The van der Waals surface area contributed by atoms with Crippen LogP contribution >= 0.6 is 0 Å². The van der Waals surface area contributed by atoms with Crippen molar-refractivity contribution in [2.75, 3.05) is 13.1 Å². The van der Waals surface area contributed by atoms with Crippen molar-refractivity contribution in [2.45, 2.75) is 32.3 Å². The lowest BCUT2D eigenvalue weighted by atomic mass is 10.1. The summed E-state index contributed by atoms with van der Waals surface area (Å²) >= 11 is 0. The third-order valence-corrected chi connectivity index (χ3v) is 2.26. The van der Waals surface area contributed by atoms with Gasteiger partial charge in [0, 0.05) is 6.54 Å². The number of carboxylic acids is 1. The third-order valence-electron chi connectivity index (χ3n) is 2.26. The smallest absolute Gasteiger partial charge is 0.410 e. The van der Waals surface area contributed by atoms with Crippen molar-refractivity contribution in [2.24, 2.45) is 5.92 Å². The summed E-state index contributed by atoms with van der Waals surface area (Å²) in [5.41, 5.74) is -0.798. The molecule has 5 nitrogen and oxygen atoms in total. The molecule has 17 heavy (non-hydrogen) atoms. The van der Waals surface area contributed by atoms with E-state index in [9.17, 15) is 18.4 Å². The molecule has 0 radical (unpaired) electrons. The van der Waals surface area contributed by atoms with E-state index in [1.807, 2.05) is 0 Å². The van der Waals surface area contributed by atoms with Crippen molar-refractivity contribution in [1.29, 1.82) is 0 Å². The molecule has 0 aromatic rings. The summed E-state index contributed by atoms with van der Waals surface area (Å²) in [4.78, 5) is 22.8. The summed E-state index contributed by atoms with van der Waals surface area (Å²) in [6, 6.07) is 0. The minimum atomic E-state index is -3.41. The zero-order valence-corrected chi connectivity index (χ0v) is 9.87. The Bertz CT molecular complexity index is 338. The maximum atomic E-state index is 13.3. The minimum absolute atomic E-state index is 0.531. The topological polar surface area (TPSA) is 66.8 Å². The fourth-order valence-electron chi connectivity index (χ4n) is 1.51. The Labute approximate surface area is 97.3 Å². The molecule has 1 aliphatic heterocycles. The van der Waals surface area contributed by atoms with Crippen molar-refractivity contribution >= 4 is 12.1 Å². The van der Waals surface area contributed by atoms with E-state index in [1.165, 1.54) is 0 Å². The van der Waals surface area contributed by atoms with E-state index >= 15 is 0 Å². The van der Waals surface area contributed by atoms with Crippen LogP contribution in [0, 0.1) is 5.92 Å². The molecular weight excluding hydrogens is 236 g/mol. The molecule has 0 saturated carbocycles. The molecule has 1 saturated heterocycles. The molecule has 1 rings (SSSR count). The fourth-order valence-corrected chi connectivity index (χ4v) is 1.51. The van der Waals surface area contributed by atoms with Crippen LogP contribution in [0.1, 0.15) is 20.8 Å². The van der Waals surface area contributed by atoms with Crippen LogP contribution < -0.4 is 0 Å². The first kappa shape index (κ1) is 13.7. The van der Waals surface area contributed by atoms with Gasteiger partial charge in [0.1, 0.15) is 11.5 Å². The molecule has 0 aliphatic carbocycles. The van der Waals surface area contributed by atoms with Crippen molar-refractivity contribution < 1.29 is 28.2 Å². The first-order chi connectivity index (χ1) is 7.53. The van der Waals surface area contributed by atoms with E-state index in [-0.39, 0.29) is 0 Å². The summed E-state index contributed by atoms with van der Waals surface area (Å²) in [6.07, 6.45) is -0.916. The Hall–Kier alpha value is -1.40.